The fourth-order valence-electron chi connectivity index (χ4n) is 0.448. The van der Waals surface area contributed by atoms with E-state index in [1.165, 1.54) is 0 Å². The highest BCUT2D eigenvalue weighted by molar-refractivity contribution is 5.91. The van der Waals surface area contributed by atoms with Crippen LogP contribution in [-0.2, 0) is 4.89 Å². The summed E-state index contributed by atoms with van der Waals surface area (Å²) in [6.07, 6.45) is -3.05. The van der Waals surface area contributed by atoms with Gasteiger partial charge in [-0.2, -0.15) is 0 Å². The third kappa shape index (κ3) is 2.50. The monoisotopic (exact) mass is 162 g/mol. The lowest BCUT2D eigenvalue weighted by atomic mass is 10.2. The fourth-order valence-corrected chi connectivity index (χ4v) is 0.448. The van der Waals surface area contributed by atoms with Crippen LogP contribution in [0.4, 0.5) is 0 Å². The van der Waals surface area contributed by atoms with Crippen LogP contribution in [0.3, 0.4) is 0 Å². The third-order valence-corrected chi connectivity index (χ3v) is 1.03. The van der Waals surface area contributed by atoms with E-state index in [0.29, 0.717) is 0 Å². The maximum atomic E-state index is 8.90. The highest BCUT2D eigenvalue weighted by atomic mass is 17.1. The van der Waals surface area contributed by atoms with Crippen LogP contribution in [0.25, 0.3) is 0 Å². The maximum Gasteiger partial charge on any atom is 0.182 e. The molecule has 7 heteroatoms. The lowest BCUT2D eigenvalue weighted by Gasteiger charge is -2.16. The van der Waals surface area contributed by atoms with E-state index in [-0.39, 0.29) is 0 Å². The first-order chi connectivity index (χ1) is 5.00. The number of hydrogen-bond donors (Lipinski definition) is 6. The predicted octanol–water partition coefficient (Wildman–Crippen LogP) is -1.92. The molecule has 0 aromatic rings. The zero-order valence-electron chi connectivity index (χ0n) is 5.61. The number of amidine groups is 2. The van der Waals surface area contributed by atoms with Crippen molar-refractivity contribution in [1.82, 2.24) is 0 Å². The highest BCUT2D eigenvalue weighted by Gasteiger charge is 2.25. The first kappa shape index (κ1) is 9.82. The summed E-state index contributed by atoms with van der Waals surface area (Å²) in [5, 5.41) is 30.5. The van der Waals surface area contributed by atoms with E-state index in [1.54, 1.807) is 0 Å². The number of hydrogen-bond acceptors (Lipinski definition) is 5. The lowest BCUT2D eigenvalue weighted by Crippen LogP contribution is -2.46. The number of nitrogens with one attached hydrogen (secondary N) is 2. The van der Waals surface area contributed by atoms with Gasteiger partial charge >= 0.3 is 0 Å². The van der Waals surface area contributed by atoms with E-state index in [1.807, 2.05) is 0 Å². The third-order valence-electron chi connectivity index (χ3n) is 1.03. The zero-order valence-corrected chi connectivity index (χ0v) is 5.61. The molecule has 11 heavy (non-hydrogen) atoms. The smallest absolute Gasteiger partial charge is 0.182 e. The van der Waals surface area contributed by atoms with Gasteiger partial charge in [0.15, 0.2) is 6.10 Å². The molecule has 0 aliphatic carbocycles. The molecule has 7 nitrogen and oxygen atoms in total. The first-order valence-electron chi connectivity index (χ1n) is 2.66. The topological polar surface area (TPSA) is 149 Å². The van der Waals surface area contributed by atoms with Crippen molar-refractivity contribution >= 4 is 11.7 Å². The molecule has 0 aliphatic rings. The molecule has 0 fully saturated rings. The van der Waals surface area contributed by atoms with Crippen LogP contribution < -0.4 is 11.5 Å². The molecule has 0 spiro atoms. The molecule has 8 N–H and O–H groups in total. The molecular formula is C4H10N4O3. The number of nitrogens with two attached hydrogens (primary N) is 2. The van der Waals surface area contributed by atoms with Crippen molar-refractivity contribution in [3.05, 3.63) is 0 Å². The van der Waals surface area contributed by atoms with Crippen molar-refractivity contribution in [3.63, 3.8) is 0 Å². The summed E-state index contributed by atoms with van der Waals surface area (Å²) in [4.78, 5) is 3.61. The van der Waals surface area contributed by atoms with Gasteiger partial charge in [-0.3, -0.25) is 16.1 Å². The SMILES string of the molecule is N=C(N)C(O)C(OO)C(=N)N. The molecule has 0 aromatic heterocycles. The van der Waals surface area contributed by atoms with Gasteiger partial charge in [0.05, 0.1) is 0 Å². The average molecular weight is 162 g/mol. The van der Waals surface area contributed by atoms with E-state index in [2.05, 4.69) is 4.89 Å². The van der Waals surface area contributed by atoms with Crippen LogP contribution in [0.2, 0.25) is 0 Å². The molecule has 0 rings (SSSR count). The largest absolute Gasteiger partial charge is 0.385 e. The molecule has 0 amide bonds. The molecule has 0 saturated heterocycles. The van der Waals surface area contributed by atoms with Gasteiger partial charge in [0.1, 0.15) is 17.8 Å². The van der Waals surface area contributed by atoms with Gasteiger partial charge in [-0.15, -0.1) is 0 Å². The second kappa shape index (κ2) is 3.86. The summed E-state index contributed by atoms with van der Waals surface area (Å²) in [6, 6.07) is 0. The van der Waals surface area contributed by atoms with Crippen LogP contribution in [0.15, 0.2) is 0 Å². The molecule has 0 heterocycles. The van der Waals surface area contributed by atoms with Crippen molar-refractivity contribution in [2.45, 2.75) is 12.2 Å². The Morgan fingerprint density at radius 1 is 1.27 bits per heavy atom. The number of aliphatic hydroxyl groups is 1. The van der Waals surface area contributed by atoms with Crippen LogP contribution in [0.1, 0.15) is 0 Å². The second-order valence-electron chi connectivity index (χ2n) is 1.88. The Balaban J connectivity index is 4.25. The molecule has 0 radical (unpaired) electrons. The summed E-state index contributed by atoms with van der Waals surface area (Å²) >= 11 is 0. The minimum absolute atomic E-state index is 0.602. The molecule has 0 bridgehead atoms. The fraction of sp³-hybridized carbons (Fsp3) is 0.500. The van der Waals surface area contributed by atoms with Crippen molar-refractivity contribution in [1.29, 1.82) is 10.8 Å². The molecule has 64 valence electrons. The number of rotatable bonds is 4. The second-order valence-corrected chi connectivity index (χ2v) is 1.88. The summed E-state index contributed by atoms with van der Waals surface area (Å²) in [5.41, 5.74) is 9.71. The molecule has 2 unspecified atom stereocenters. The average Bonchev–Trinajstić information content (AvgIpc) is 1.88. The van der Waals surface area contributed by atoms with Gasteiger partial charge in [0.25, 0.3) is 0 Å². The normalized spacial score (nSPS) is 15.5. The van der Waals surface area contributed by atoms with Gasteiger partial charge in [-0.25, -0.2) is 4.89 Å². The van der Waals surface area contributed by atoms with E-state index < -0.39 is 23.9 Å². The van der Waals surface area contributed by atoms with E-state index >= 15 is 0 Å². The van der Waals surface area contributed by atoms with Crippen LogP contribution >= 0.6 is 0 Å². The van der Waals surface area contributed by atoms with E-state index in [9.17, 15) is 0 Å². The van der Waals surface area contributed by atoms with Gasteiger partial charge < -0.3 is 16.6 Å². The zero-order chi connectivity index (χ0) is 9.02. The van der Waals surface area contributed by atoms with Gasteiger partial charge in [0.2, 0.25) is 0 Å². The van der Waals surface area contributed by atoms with Gasteiger partial charge in [-0.05, 0) is 0 Å². The molecule has 0 aromatic carbocycles. The van der Waals surface area contributed by atoms with E-state index in [0.717, 1.165) is 0 Å². The summed E-state index contributed by atoms with van der Waals surface area (Å²) in [5.74, 6) is -1.23. The van der Waals surface area contributed by atoms with Crippen LogP contribution in [0, 0.1) is 10.8 Å². The Morgan fingerprint density at radius 2 is 1.73 bits per heavy atom. The first-order valence-corrected chi connectivity index (χ1v) is 2.66. The Hall–Kier alpha value is -1.18. The maximum absolute atomic E-state index is 8.90. The summed E-state index contributed by atoms with van der Waals surface area (Å²) in [7, 11) is 0. The van der Waals surface area contributed by atoms with Crippen LogP contribution in [-0.4, -0.2) is 34.2 Å². The summed E-state index contributed by atoms with van der Waals surface area (Å²) < 4.78 is 0. The Bertz CT molecular complexity index is 171. The van der Waals surface area contributed by atoms with E-state index in [4.69, 9.17) is 32.6 Å². The summed E-state index contributed by atoms with van der Waals surface area (Å²) in [6.45, 7) is 0. The lowest BCUT2D eigenvalue weighted by molar-refractivity contribution is -0.271. The Morgan fingerprint density at radius 3 is 1.82 bits per heavy atom. The molecule has 0 aliphatic heterocycles. The van der Waals surface area contributed by atoms with Crippen molar-refractivity contribution in [2.24, 2.45) is 11.5 Å². The minimum atomic E-state index is -1.59. The number of aliphatic hydroxyl groups excluding tert-OH is 1. The molecule has 2 atom stereocenters. The standard InChI is InChI=1S/C4H10N4O3/c5-3(6)1(9)2(11-10)4(7)8/h1-2,9-10H,(H3,5,6)(H3,7,8). The van der Waals surface area contributed by atoms with Gasteiger partial charge in [-0.1, -0.05) is 0 Å². The van der Waals surface area contributed by atoms with Crippen molar-refractivity contribution in [2.75, 3.05) is 0 Å². The molecule has 0 saturated carbocycles. The minimum Gasteiger partial charge on any atom is -0.385 e. The predicted molar refractivity (Wildman–Crippen MR) is 37.3 cm³/mol. The quantitative estimate of drug-likeness (QED) is 0.123. The Labute approximate surface area is 62.5 Å². The van der Waals surface area contributed by atoms with Crippen LogP contribution in [0.5, 0.6) is 0 Å². The highest BCUT2D eigenvalue weighted by Crippen LogP contribution is 1.96. The van der Waals surface area contributed by atoms with Crippen molar-refractivity contribution in [3.8, 4) is 0 Å². The Kier molecular flexibility index (Phi) is 3.45. The van der Waals surface area contributed by atoms with Gasteiger partial charge in [0, 0.05) is 0 Å². The molecular weight excluding hydrogens is 152 g/mol. The van der Waals surface area contributed by atoms with Crippen molar-refractivity contribution < 1.29 is 15.3 Å².